The fourth-order valence-corrected chi connectivity index (χ4v) is 4.57. The number of thiazole rings is 1. The summed E-state index contributed by atoms with van der Waals surface area (Å²) in [5.74, 6) is 5.30. The molecule has 0 radical (unpaired) electrons. The van der Waals surface area contributed by atoms with Crippen LogP contribution in [0.15, 0.2) is 20.0 Å². The van der Waals surface area contributed by atoms with Crippen molar-refractivity contribution in [2.24, 2.45) is 17.9 Å². The van der Waals surface area contributed by atoms with Gasteiger partial charge in [0.2, 0.25) is 0 Å². The molecule has 0 aliphatic heterocycles. The second-order valence-electron chi connectivity index (χ2n) is 7.64. The third kappa shape index (κ3) is 5.48. The summed E-state index contributed by atoms with van der Waals surface area (Å²) in [5.41, 5.74) is 0.288. The summed E-state index contributed by atoms with van der Waals surface area (Å²) < 4.78 is 8.65. The van der Waals surface area contributed by atoms with E-state index in [0.29, 0.717) is 13.0 Å². The summed E-state index contributed by atoms with van der Waals surface area (Å²) in [6.45, 7) is 6.51. The average molecular weight is 451 g/mol. The highest BCUT2D eigenvalue weighted by atomic mass is 32.1. The summed E-state index contributed by atoms with van der Waals surface area (Å²) in [7, 11) is 1.58. The summed E-state index contributed by atoms with van der Waals surface area (Å²) in [6.07, 6.45) is 4.89. The molecular weight excluding hydrogens is 420 g/mol. The number of nitrogens with zero attached hydrogens (tertiary/aromatic N) is 5. The molecule has 2 aromatic rings. The Morgan fingerprint density at radius 3 is 2.74 bits per heavy atom. The lowest BCUT2D eigenvalue weighted by molar-refractivity contribution is 0.0578. The van der Waals surface area contributed by atoms with Gasteiger partial charge in [-0.1, -0.05) is 12.8 Å². The van der Waals surface area contributed by atoms with Crippen molar-refractivity contribution in [3.05, 3.63) is 36.9 Å². The molecule has 2 aromatic heterocycles. The number of aryl methyl sites for hydroxylation is 1. The molecule has 0 aromatic carbocycles. The Morgan fingerprint density at radius 1 is 1.39 bits per heavy atom. The number of rotatable bonds is 11. The standard InChI is InChI=1S/C20H30N6O4S/c1-14-12-31-16(23-14)11-25(13-29-15-7-4-5-8-15)17-18(22-2)24(3)20(28)26(19(17)27)9-6-10-30-21/h12,15H,2,4-11,13,21H2,1,3H3. The van der Waals surface area contributed by atoms with Crippen molar-refractivity contribution in [3.8, 4) is 0 Å². The third-order valence-corrected chi connectivity index (χ3v) is 6.32. The van der Waals surface area contributed by atoms with E-state index in [9.17, 15) is 9.59 Å². The minimum absolute atomic E-state index is 0.164. The van der Waals surface area contributed by atoms with Crippen LogP contribution >= 0.6 is 11.3 Å². The van der Waals surface area contributed by atoms with Crippen molar-refractivity contribution in [2.45, 2.75) is 58.2 Å². The predicted molar refractivity (Wildman–Crippen MR) is 121 cm³/mol. The van der Waals surface area contributed by atoms with Crippen molar-refractivity contribution in [1.29, 1.82) is 0 Å². The van der Waals surface area contributed by atoms with Crippen molar-refractivity contribution < 1.29 is 9.57 Å². The zero-order chi connectivity index (χ0) is 22.4. The Bertz CT molecular complexity index is 1010. The molecule has 2 heterocycles. The molecule has 0 unspecified atom stereocenters. The molecule has 1 aliphatic carbocycles. The lowest BCUT2D eigenvalue weighted by Crippen LogP contribution is -2.43. The monoisotopic (exact) mass is 450 g/mol. The molecule has 3 rings (SSSR count). The van der Waals surface area contributed by atoms with Gasteiger partial charge in [0, 0.05) is 24.7 Å². The van der Waals surface area contributed by atoms with E-state index in [1.807, 2.05) is 12.3 Å². The number of anilines is 1. The normalized spacial score (nSPS) is 14.3. The highest BCUT2D eigenvalue weighted by Crippen LogP contribution is 2.27. The first-order valence-corrected chi connectivity index (χ1v) is 11.2. The number of aliphatic imine (C=N–C) groups is 1. The second kappa shape index (κ2) is 10.8. The minimum atomic E-state index is -0.463. The van der Waals surface area contributed by atoms with Gasteiger partial charge in [-0.25, -0.2) is 20.7 Å². The summed E-state index contributed by atoms with van der Waals surface area (Å²) in [5, 5.41) is 2.81. The number of ether oxygens (including phenoxy) is 1. The molecule has 1 fully saturated rings. The van der Waals surface area contributed by atoms with Crippen LogP contribution in [-0.4, -0.2) is 40.3 Å². The van der Waals surface area contributed by atoms with Crippen LogP contribution in [0, 0.1) is 6.92 Å². The Balaban J connectivity index is 2.02. The minimum Gasteiger partial charge on any atom is -0.358 e. The first-order chi connectivity index (χ1) is 15.0. The van der Waals surface area contributed by atoms with Crippen LogP contribution < -0.4 is 22.0 Å². The molecule has 1 saturated carbocycles. The largest absolute Gasteiger partial charge is 0.358 e. The summed E-state index contributed by atoms with van der Waals surface area (Å²) >= 11 is 1.52. The Morgan fingerprint density at radius 2 is 2.13 bits per heavy atom. The van der Waals surface area contributed by atoms with Gasteiger partial charge in [-0.15, -0.1) is 11.3 Å². The highest BCUT2D eigenvalue weighted by Gasteiger charge is 2.25. The molecule has 2 N–H and O–H groups in total. The zero-order valence-corrected chi connectivity index (χ0v) is 18.9. The van der Waals surface area contributed by atoms with Crippen LogP contribution in [0.3, 0.4) is 0 Å². The predicted octanol–water partition coefficient (Wildman–Crippen LogP) is 1.85. The molecule has 0 bridgehead atoms. The number of nitrogens with two attached hydrogens (primary N) is 1. The Labute approximate surface area is 184 Å². The van der Waals surface area contributed by atoms with Crippen molar-refractivity contribution >= 4 is 29.6 Å². The van der Waals surface area contributed by atoms with E-state index in [4.69, 9.17) is 10.6 Å². The van der Waals surface area contributed by atoms with Gasteiger partial charge in [0.1, 0.15) is 17.4 Å². The quantitative estimate of drug-likeness (QED) is 0.240. The molecule has 0 atom stereocenters. The zero-order valence-electron chi connectivity index (χ0n) is 18.1. The van der Waals surface area contributed by atoms with E-state index >= 15 is 0 Å². The van der Waals surface area contributed by atoms with E-state index in [1.165, 1.54) is 20.5 Å². The fourth-order valence-electron chi connectivity index (χ4n) is 3.78. The van der Waals surface area contributed by atoms with Gasteiger partial charge >= 0.3 is 5.69 Å². The maximum atomic E-state index is 13.4. The van der Waals surface area contributed by atoms with Crippen LogP contribution in [-0.2, 0) is 29.7 Å². The molecule has 170 valence electrons. The molecule has 1 aliphatic rings. The Hall–Kier alpha value is -2.34. The lowest BCUT2D eigenvalue weighted by atomic mass is 10.3. The SMILES string of the molecule is C=Nc1c(N(COC2CCCC2)Cc2nc(C)cs2)c(=O)n(CCCON)c(=O)n1C. The van der Waals surface area contributed by atoms with E-state index in [-0.39, 0.29) is 37.5 Å². The van der Waals surface area contributed by atoms with Crippen LogP contribution in [0.4, 0.5) is 11.5 Å². The van der Waals surface area contributed by atoms with Crippen molar-refractivity contribution in [3.63, 3.8) is 0 Å². The van der Waals surface area contributed by atoms with E-state index in [2.05, 4.69) is 21.5 Å². The average Bonchev–Trinajstić information content (AvgIpc) is 3.42. The van der Waals surface area contributed by atoms with Crippen LogP contribution in [0.1, 0.15) is 42.8 Å². The maximum Gasteiger partial charge on any atom is 0.332 e. The smallest absolute Gasteiger partial charge is 0.332 e. The van der Waals surface area contributed by atoms with Crippen molar-refractivity contribution in [2.75, 3.05) is 18.2 Å². The molecule has 0 saturated heterocycles. The Kier molecular flexibility index (Phi) is 8.13. The van der Waals surface area contributed by atoms with Crippen LogP contribution in [0.2, 0.25) is 0 Å². The van der Waals surface area contributed by atoms with Crippen LogP contribution in [0.5, 0.6) is 0 Å². The van der Waals surface area contributed by atoms with Gasteiger partial charge in [-0.3, -0.25) is 13.9 Å². The van der Waals surface area contributed by atoms with Crippen molar-refractivity contribution in [1.82, 2.24) is 14.1 Å². The molecule has 10 nitrogen and oxygen atoms in total. The van der Waals surface area contributed by atoms with Gasteiger partial charge in [-0.05, 0) is 32.9 Å². The highest BCUT2D eigenvalue weighted by molar-refractivity contribution is 7.09. The first kappa shape index (κ1) is 23.3. The fraction of sp³-hybridized carbons (Fsp3) is 0.600. The maximum absolute atomic E-state index is 13.4. The van der Waals surface area contributed by atoms with E-state index in [1.54, 1.807) is 11.9 Å². The van der Waals surface area contributed by atoms with E-state index in [0.717, 1.165) is 36.4 Å². The van der Waals surface area contributed by atoms with Gasteiger partial charge in [0.25, 0.3) is 5.56 Å². The first-order valence-electron chi connectivity index (χ1n) is 10.4. The summed E-state index contributed by atoms with van der Waals surface area (Å²) in [4.78, 5) is 41.1. The lowest BCUT2D eigenvalue weighted by Gasteiger charge is -2.27. The van der Waals surface area contributed by atoms with E-state index < -0.39 is 11.2 Å². The molecule has 0 amide bonds. The number of hydrogen-bond donors (Lipinski definition) is 1. The summed E-state index contributed by atoms with van der Waals surface area (Å²) in [6, 6.07) is 0. The van der Waals surface area contributed by atoms with Gasteiger partial charge < -0.3 is 14.5 Å². The van der Waals surface area contributed by atoms with Gasteiger partial charge in [0.15, 0.2) is 5.82 Å². The second-order valence-corrected chi connectivity index (χ2v) is 8.58. The molecule has 31 heavy (non-hydrogen) atoms. The topological polar surface area (TPSA) is 117 Å². The van der Waals surface area contributed by atoms with Gasteiger partial charge in [-0.2, -0.15) is 0 Å². The molecule has 0 spiro atoms. The van der Waals surface area contributed by atoms with Gasteiger partial charge in [0.05, 0.1) is 19.3 Å². The molecule has 11 heteroatoms. The number of aromatic nitrogens is 3. The molecular formula is C20H30N6O4S. The third-order valence-electron chi connectivity index (χ3n) is 5.37. The van der Waals surface area contributed by atoms with Crippen LogP contribution in [0.25, 0.3) is 0 Å². The number of hydrogen-bond acceptors (Lipinski definition) is 9.